The molecule has 0 radical (unpaired) electrons. The standard InChI is InChI=1S/C29H28N2O6/c1-17(2)36-23-10-8-20(9-11-23)26(32)24-25(19-12-14-30-15-13-19)31(28(34)27(24)33)22-7-5-6-21(16-22)29(35)37-18(3)4/h5-18,25,32H,1-4H3/b26-24+. The molecule has 1 saturated heterocycles. The molecule has 190 valence electrons. The molecule has 4 rings (SSSR count). The van der Waals surface area contributed by atoms with E-state index in [-0.39, 0.29) is 29.1 Å². The lowest BCUT2D eigenvalue weighted by atomic mass is 9.95. The molecule has 3 aromatic rings. The molecule has 0 bridgehead atoms. The fourth-order valence-electron chi connectivity index (χ4n) is 4.14. The Hall–Kier alpha value is -4.46. The number of nitrogens with zero attached hydrogens (tertiary/aromatic N) is 2. The van der Waals surface area contributed by atoms with Gasteiger partial charge in [0.05, 0.1) is 29.4 Å². The van der Waals surface area contributed by atoms with Crippen LogP contribution < -0.4 is 9.64 Å². The van der Waals surface area contributed by atoms with Crippen molar-refractivity contribution in [1.82, 2.24) is 4.98 Å². The van der Waals surface area contributed by atoms with E-state index in [2.05, 4.69) is 4.98 Å². The van der Waals surface area contributed by atoms with E-state index in [1.807, 2.05) is 13.8 Å². The minimum atomic E-state index is -0.939. The summed E-state index contributed by atoms with van der Waals surface area (Å²) >= 11 is 0. The van der Waals surface area contributed by atoms with E-state index in [9.17, 15) is 19.5 Å². The smallest absolute Gasteiger partial charge is 0.338 e. The fraction of sp³-hybridized carbons (Fsp3) is 0.241. The number of aliphatic hydroxyl groups excluding tert-OH is 1. The maximum Gasteiger partial charge on any atom is 0.338 e. The molecule has 0 saturated carbocycles. The summed E-state index contributed by atoms with van der Waals surface area (Å²) in [7, 11) is 0. The number of carbonyl (C=O) groups excluding carboxylic acids is 3. The summed E-state index contributed by atoms with van der Waals surface area (Å²) in [5, 5.41) is 11.3. The summed E-state index contributed by atoms with van der Waals surface area (Å²) in [5.74, 6) is -1.90. The molecule has 2 aromatic carbocycles. The molecule has 1 aliphatic rings. The van der Waals surface area contributed by atoms with E-state index in [0.717, 1.165) is 0 Å². The van der Waals surface area contributed by atoms with Crippen LogP contribution in [0.3, 0.4) is 0 Å². The molecule has 8 heteroatoms. The number of anilines is 1. The van der Waals surface area contributed by atoms with Gasteiger partial charge >= 0.3 is 5.97 Å². The predicted octanol–water partition coefficient (Wildman–Crippen LogP) is 5.06. The molecule has 1 aromatic heterocycles. The Morgan fingerprint density at radius 1 is 0.919 bits per heavy atom. The number of aliphatic hydroxyl groups is 1. The number of hydrogen-bond acceptors (Lipinski definition) is 7. The van der Waals surface area contributed by atoms with Crippen molar-refractivity contribution in [2.45, 2.75) is 45.9 Å². The summed E-state index contributed by atoms with van der Waals surface area (Å²) in [6.45, 7) is 7.29. The van der Waals surface area contributed by atoms with Crippen molar-refractivity contribution < 1.29 is 29.0 Å². The number of Topliss-reactive ketones (excluding diaryl/α,β-unsaturated/α-hetero) is 1. The van der Waals surface area contributed by atoms with Gasteiger partial charge in [-0.25, -0.2) is 4.79 Å². The largest absolute Gasteiger partial charge is 0.507 e. The second-order valence-corrected chi connectivity index (χ2v) is 9.15. The number of benzene rings is 2. The second kappa shape index (κ2) is 10.7. The highest BCUT2D eigenvalue weighted by molar-refractivity contribution is 6.51. The van der Waals surface area contributed by atoms with Crippen molar-refractivity contribution in [3.63, 3.8) is 0 Å². The van der Waals surface area contributed by atoms with Crippen molar-refractivity contribution in [2.75, 3.05) is 4.90 Å². The number of carbonyl (C=O) groups is 3. The lowest BCUT2D eigenvalue weighted by Gasteiger charge is -2.25. The zero-order valence-electron chi connectivity index (χ0n) is 21.0. The molecule has 1 unspecified atom stereocenters. The molecule has 1 aliphatic heterocycles. The Morgan fingerprint density at radius 3 is 2.22 bits per heavy atom. The Labute approximate surface area is 215 Å². The van der Waals surface area contributed by atoms with Gasteiger partial charge in [0.1, 0.15) is 11.5 Å². The van der Waals surface area contributed by atoms with Crippen LogP contribution in [-0.4, -0.2) is 40.0 Å². The lowest BCUT2D eigenvalue weighted by Crippen LogP contribution is -2.29. The highest BCUT2D eigenvalue weighted by atomic mass is 16.5. The van der Waals surface area contributed by atoms with Crippen LogP contribution in [-0.2, 0) is 14.3 Å². The third kappa shape index (κ3) is 5.38. The van der Waals surface area contributed by atoms with Crippen molar-refractivity contribution in [3.8, 4) is 5.75 Å². The minimum absolute atomic E-state index is 0.0231. The third-order valence-electron chi connectivity index (χ3n) is 5.67. The Kier molecular flexibility index (Phi) is 7.38. The van der Waals surface area contributed by atoms with Crippen molar-refractivity contribution in [1.29, 1.82) is 0 Å². The minimum Gasteiger partial charge on any atom is -0.507 e. The van der Waals surface area contributed by atoms with Crippen LogP contribution in [0.25, 0.3) is 5.76 Å². The molecule has 37 heavy (non-hydrogen) atoms. The average molecular weight is 501 g/mol. The van der Waals surface area contributed by atoms with Crippen LogP contribution >= 0.6 is 0 Å². The van der Waals surface area contributed by atoms with Crippen LogP contribution in [0.4, 0.5) is 5.69 Å². The van der Waals surface area contributed by atoms with E-state index in [0.29, 0.717) is 22.6 Å². The second-order valence-electron chi connectivity index (χ2n) is 9.15. The molecule has 2 heterocycles. The maximum atomic E-state index is 13.3. The van der Waals surface area contributed by atoms with Crippen LogP contribution in [0.2, 0.25) is 0 Å². The maximum absolute atomic E-state index is 13.3. The van der Waals surface area contributed by atoms with Gasteiger partial charge in [0.15, 0.2) is 0 Å². The number of ether oxygens (including phenoxy) is 2. The lowest BCUT2D eigenvalue weighted by molar-refractivity contribution is -0.132. The van der Waals surface area contributed by atoms with Gasteiger partial charge in [0.2, 0.25) is 0 Å². The molecule has 1 N–H and O–H groups in total. The molecule has 1 amide bonds. The Morgan fingerprint density at radius 2 is 1.59 bits per heavy atom. The molecule has 8 nitrogen and oxygen atoms in total. The molecule has 1 atom stereocenters. The summed E-state index contributed by atoms with van der Waals surface area (Å²) in [5.41, 5.74) is 1.43. The number of esters is 1. The zero-order chi connectivity index (χ0) is 26.7. The monoisotopic (exact) mass is 500 g/mol. The van der Waals surface area contributed by atoms with Gasteiger partial charge in [-0.15, -0.1) is 0 Å². The van der Waals surface area contributed by atoms with Crippen LogP contribution in [0.1, 0.15) is 55.2 Å². The van der Waals surface area contributed by atoms with Crippen LogP contribution in [0.5, 0.6) is 5.75 Å². The molecular weight excluding hydrogens is 472 g/mol. The molecule has 0 aliphatic carbocycles. The number of pyridine rings is 1. The van der Waals surface area contributed by atoms with Crippen LogP contribution in [0.15, 0.2) is 78.6 Å². The summed E-state index contributed by atoms with van der Waals surface area (Å²) < 4.78 is 10.9. The quantitative estimate of drug-likeness (QED) is 0.209. The topological polar surface area (TPSA) is 106 Å². The van der Waals surface area contributed by atoms with E-state index in [1.54, 1.807) is 80.8 Å². The number of rotatable bonds is 7. The van der Waals surface area contributed by atoms with Gasteiger partial charge in [-0.3, -0.25) is 19.5 Å². The third-order valence-corrected chi connectivity index (χ3v) is 5.67. The number of aromatic nitrogens is 1. The Bertz CT molecular complexity index is 1350. The first-order chi connectivity index (χ1) is 17.7. The number of amides is 1. The van der Waals surface area contributed by atoms with E-state index in [4.69, 9.17) is 9.47 Å². The molecule has 0 spiro atoms. The predicted molar refractivity (Wildman–Crippen MR) is 138 cm³/mol. The normalized spacial score (nSPS) is 16.9. The van der Waals surface area contributed by atoms with Crippen molar-refractivity contribution in [2.24, 2.45) is 0 Å². The molecular formula is C29H28N2O6. The first-order valence-electron chi connectivity index (χ1n) is 12.0. The highest BCUT2D eigenvalue weighted by Crippen LogP contribution is 2.42. The number of ketones is 1. The highest BCUT2D eigenvalue weighted by Gasteiger charge is 2.47. The zero-order valence-corrected chi connectivity index (χ0v) is 21.0. The molecule has 1 fully saturated rings. The van der Waals surface area contributed by atoms with Gasteiger partial charge in [-0.2, -0.15) is 0 Å². The average Bonchev–Trinajstić information content (AvgIpc) is 3.14. The van der Waals surface area contributed by atoms with Crippen molar-refractivity contribution >= 4 is 29.1 Å². The van der Waals surface area contributed by atoms with Crippen LogP contribution in [0, 0.1) is 0 Å². The SMILES string of the molecule is CC(C)OC(=O)c1cccc(N2C(=O)C(=O)/C(=C(/O)c3ccc(OC(C)C)cc3)C2c2ccncc2)c1. The van der Waals surface area contributed by atoms with Crippen molar-refractivity contribution in [3.05, 3.63) is 95.3 Å². The summed E-state index contributed by atoms with van der Waals surface area (Å²) in [6, 6.07) is 15.4. The van der Waals surface area contributed by atoms with Gasteiger partial charge in [-0.1, -0.05) is 6.07 Å². The van der Waals surface area contributed by atoms with E-state index >= 15 is 0 Å². The van der Waals surface area contributed by atoms with Gasteiger partial charge in [-0.05, 0) is 87.9 Å². The first-order valence-corrected chi connectivity index (χ1v) is 12.0. The Balaban J connectivity index is 1.82. The summed E-state index contributed by atoms with van der Waals surface area (Å²) in [4.78, 5) is 44.5. The fourth-order valence-corrected chi connectivity index (χ4v) is 4.14. The van der Waals surface area contributed by atoms with Gasteiger partial charge in [0.25, 0.3) is 11.7 Å². The van der Waals surface area contributed by atoms with Gasteiger partial charge in [0, 0.05) is 23.6 Å². The number of hydrogen-bond donors (Lipinski definition) is 1. The first kappa shape index (κ1) is 25.6. The van der Waals surface area contributed by atoms with E-state index in [1.165, 1.54) is 11.0 Å². The summed E-state index contributed by atoms with van der Waals surface area (Å²) in [6.07, 6.45) is 2.75. The van der Waals surface area contributed by atoms with Gasteiger partial charge < -0.3 is 14.6 Å². The van der Waals surface area contributed by atoms with E-state index < -0.39 is 23.7 Å².